The smallest absolute Gasteiger partial charge is 0.125 e. The molecule has 0 amide bonds. The summed E-state index contributed by atoms with van der Waals surface area (Å²) in [6.45, 7) is 3.28. The van der Waals surface area contributed by atoms with Crippen LogP contribution in [0.5, 0.6) is 0 Å². The van der Waals surface area contributed by atoms with Crippen LogP contribution in [0, 0.1) is 11.7 Å². The van der Waals surface area contributed by atoms with Gasteiger partial charge in [0, 0.05) is 12.7 Å². The number of nitrogens with zero attached hydrogens (tertiary/aromatic N) is 1. The summed E-state index contributed by atoms with van der Waals surface area (Å²) in [5.74, 6) is 0.617. The maximum Gasteiger partial charge on any atom is 0.125 e. The van der Waals surface area contributed by atoms with Gasteiger partial charge in [-0.15, -0.1) is 0 Å². The molecule has 2 heterocycles. The molecule has 1 aromatic carbocycles. The van der Waals surface area contributed by atoms with Gasteiger partial charge in [-0.2, -0.15) is 0 Å². The molecule has 0 saturated carbocycles. The van der Waals surface area contributed by atoms with Crippen LogP contribution >= 0.6 is 0 Å². The van der Waals surface area contributed by atoms with E-state index in [4.69, 9.17) is 0 Å². The van der Waals surface area contributed by atoms with Crippen LogP contribution in [-0.4, -0.2) is 17.7 Å². The Kier molecular flexibility index (Phi) is 3.33. The van der Waals surface area contributed by atoms with Gasteiger partial charge in [-0.3, -0.25) is 0 Å². The van der Waals surface area contributed by atoms with Gasteiger partial charge in [-0.1, -0.05) is 0 Å². The van der Waals surface area contributed by atoms with Crippen molar-refractivity contribution in [1.29, 1.82) is 0 Å². The number of aryl methyl sites for hydroxylation is 1. The van der Waals surface area contributed by atoms with Crippen molar-refractivity contribution >= 4 is 10.9 Å². The summed E-state index contributed by atoms with van der Waals surface area (Å²) in [5, 5.41) is 4.57. The zero-order valence-electron chi connectivity index (χ0n) is 10.5. The third kappa shape index (κ3) is 2.41. The average molecular weight is 246 g/mol. The Morgan fingerprint density at radius 2 is 2.28 bits per heavy atom. The normalized spacial score (nSPS) is 20.4. The van der Waals surface area contributed by atoms with Gasteiger partial charge in [0.2, 0.25) is 0 Å². The van der Waals surface area contributed by atoms with E-state index in [1.54, 1.807) is 6.07 Å². The number of piperidine rings is 1. The molecule has 3 heteroatoms. The Bertz CT molecular complexity index is 526. The molecule has 96 valence electrons. The molecule has 18 heavy (non-hydrogen) atoms. The molecule has 1 unspecified atom stereocenters. The lowest BCUT2D eigenvalue weighted by atomic mass is 9.96. The van der Waals surface area contributed by atoms with Gasteiger partial charge < -0.3 is 9.88 Å². The lowest BCUT2D eigenvalue weighted by molar-refractivity contribution is 0.343. The van der Waals surface area contributed by atoms with Crippen LogP contribution in [0.1, 0.15) is 19.3 Å². The van der Waals surface area contributed by atoms with Gasteiger partial charge in [-0.25, -0.2) is 4.39 Å². The summed E-state index contributed by atoms with van der Waals surface area (Å²) in [4.78, 5) is 0. The van der Waals surface area contributed by atoms with E-state index in [1.165, 1.54) is 25.3 Å². The highest BCUT2D eigenvalue weighted by Gasteiger charge is 2.13. The van der Waals surface area contributed by atoms with Gasteiger partial charge >= 0.3 is 0 Å². The molecule has 1 aromatic heterocycles. The Morgan fingerprint density at radius 1 is 1.33 bits per heavy atom. The predicted octanol–water partition coefficient (Wildman–Crippen LogP) is 3.17. The summed E-state index contributed by atoms with van der Waals surface area (Å²) < 4.78 is 15.4. The minimum Gasteiger partial charge on any atom is -0.347 e. The summed E-state index contributed by atoms with van der Waals surface area (Å²) in [6.07, 6.45) is 5.85. The highest BCUT2D eigenvalue weighted by molar-refractivity contribution is 5.80. The van der Waals surface area contributed by atoms with Crippen molar-refractivity contribution in [3.05, 3.63) is 36.3 Å². The fourth-order valence-corrected chi connectivity index (χ4v) is 2.84. The molecule has 0 bridgehead atoms. The highest BCUT2D eigenvalue weighted by atomic mass is 19.1. The number of fused-ring (bicyclic) bond motifs is 1. The van der Waals surface area contributed by atoms with Crippen LogP contribution < -0.4 is 5.32 Å². The van der Waals surface area contributed by atoms with Crippen molar-refractivity contribution in [2.45, 2.75) is 25.8 Å². The molecule has 2 nitrogen and oxygen atoms in total. The third-order valence-electron chi connectivity index (χ3n) is 3.91. The van der Waals surface area contributed by atoms with Crippen molar-refractivity contribution in [1.82, 2.24) is 9.88 Å². The first kappa shape index (κ1) is 11.7. The quantitative estimate of drug-likeness (QED) is 0.880. The lowest BCUT2D eigenvalue weighted by Gasteiger charge is -2.22. The lowest BCUT2D eigenvalue weighted by Crippen LogP contribution is -2.30. The topological polar surface area (TPSA) is 17.0 Å². The number of aromatic nitrogens is 1. The maximum absolute atomic E-state index is 13.3. The van der Waals surface area contributed by atoms with Gasteiger partial charge in [0.25, 0.3) is 0 Å². The van der Waals surface area contributed by atoms with E-state index in [0.29, 0.717) is 0 Å². The van der Waals surface area contributed by atoms with E-state index in [2.05, 4.69) is 22.1 Å². The summed E-state index contributed by atoms with van der Waals surface area (Å²) in [6, 6.07) is 7.07. The Hall–Kier alpha value is -1.35. The Morgan fingerprint density at radius 3 is 3.11 bits per heavy atom. The van der Waals surface area contributed by atoms with E-state index in [9.17, 15) is 4.39 Å². The molecule has 1 aliphatic rings. The molecule has 3 rings (SSSR count). The van der Waals surface area contributed by atoms with Crippen LogP contribution in [-0.2, 0) is 6.54 Å². The van der Waals surface area contributed by atoms with Crippen molar-refractivity contribution in [2.24, 2.45) is 5.92 Å². The molecular formula is C15H19FN2. The van der Waals surface area contributed by atoms with Crippen molar-refractivity contribution in [3.8, 4) is 0 Å². The zero-order chi connectivity index (χ0) is 12.4. The maximum atomic E-state index is 13.3. The molecule has 1 aliphatic heterocycles. The molecule has 1 atom stereocenters. The van der Waals surface area contributed by atoms with Crippen molar-refractivity contribution < 1.29 is 4.39 Å². The highest BCUT2D eigenvalue weighted by Crippen LogP contribution is 2.20. The number of hydrogen-bond acceptors (Lipinski definition) is 1. The first-order chi connectivity index (χ1) is 8.83. The Balaban J connectivity index is 1.72. The van der Waals surface area contributed by atoms with Gasteiger partial charge in [0.05, 0.1) is 5.52 Å². The fourth-order valence-electron chi connectivity index (χ4n) is 2.84. The van der Waals surface area contributed by atoms with Crippen LogP contribution in [0.15, 0.2) is 30.5 Å². The van der Waals surface area contributed by atoms with E-state index in [-0.39, 0.29) is 5.82 Å². The zero-order valence-corrected chi connectivity index (χ0v) is 10.5. The van der Waals surface area contributed by atoms with Gasteiger partial charge in [-0.05, 0) is 67.9 Å². The standard InChI is InChI=1S/C15H19FN2/c16-14-4-3-13-6-9-18(15(13)10-14)8-5-12-2-1-7-17-11-12/h3-4,6,9-10,12,17H,1-2,5,7-8,11H2. The van der Waals surface area contributed by atoms with Crippen LogP contribution in [0.2, 0.25) is 0 Å². The summed E-state index contributed by atoms with van der Waals surface area (Å²) in [7, 11) is 0. The van der Waals surface area contributed by atoms with Gasteiger partial charge in [0.15, 0.2) is 0 Å². The van der Waals surface area contributed by atoms with E-state index in [0.717, 1.165) is 36.5 Å². The first-order valence-electron chi connectivity index (χ1n) is 6.78. The number of halogens is 1. The fraction of sp³-hybridized carbons (Fsp3) is 0.467. The largest absolute Gasteiger partial charge is 0.347 e. The number of hydrogen-bond donors (Lipinski definition) is 1. The third-order valence-corrected chi connectivity index (χ3v) is 3.91. The second kappa shape index (κ2) is 5.11. The van der Waals surface area contributed by atoms with E-state index < -0.39 is 0 Å². The molecule has 1 saturated heterocycles. The molecular weight excluding hydrogens is 227 g/mol. The first-order valence-corrected chi connectivity index (χ1v) is 6.78. The molecule has 2 aromatic rings. The predicted molar refractivity (Wildman–Crippen MR) is 72.1 cm³/mol. The number of benzene rings is 1. The Labute approximate surface area is 107 Å². The number of rotatable bonds is 3. The van der Waals surface area contributed by atoms with E-state index in [1.807, 2.05) is 6.07 Å². The number of nitrogens with one attached hydrogen (secondary N) is 1. The van der Waals surface area contributed by atoms with Crippen LogP contribution in [0.3, 0.4) is 0 Å². The monoisotopic (exact) mass is 246 g/mol. The van der Waals surface area contributed by atoms with Crippen LogP contribution in [0.4, 0.5) is 4.39 Å². The minimum absolute atomic E-state index is 0.151. The van der Waals surface area contributed by atoms with Crippen molar-refractivity contribution in [3.63, 3.8) is 0 Å². The molecule has 0 spiro atoms. The summed E-state index contributed by atoms with van der Waals surface area (Å²) >= 11 is 0. The molecule has 1 N–H and O–H groups in total. The second-order valence-corrected chi connectivity index (χ2v) is 5.21. The second-order valence-electron chi connectivity index (χ2n) is 5.21. The molecule has 1 fully saturated rings. The van der Waals surface area contributed by atoms with Crippen molar-refractivity contribution in [2.75, 3.05) is 13.1 Å². The molecule has 0 aliphatic carbocycles. The average Bonchev–Trinajstić information content (AvgIpc) is 2.80. The molecule has 0 radical (unpaired) electrons. The minimum atomic E-state index is -0.151. The van der Waals surface area contributed by atoms with E-state index >= 15 is 0 Å². The SMILES string of the molecule is Fc1ccc2ccn(CCC3CCCNC3)c2c1. The van der Waals surface area contributed by atoms with Gasteiger partial charge in [0.1, 0.15) is 5.82 Å². The summed E-state index contributed by atoms with van der Waals surface area (Å²) in [5.41, 5.74) is 1.01. The van der Waals surface area contributed by atoms with Crippen LogP contribution in [0.25, 0.3) is 10.9 Å².